The van der Waals surface area contributed by atoms with Gasteiger partial charge in [0.25, 0.3) is 0 Å². The molecular weight excluding hydrogens is 360 g/mol. The summed E-state index contributed by atoms with van der Waals surface area (Å²) in [4.78, 5) is 47.2. The van der Waals surface area contributed by atoms with Crippen LogP contribution in [0.1, 0.15) is 66.2 Å². The Labute approximate surface area is 165 Å². The van der Waals surface area contributed by atoms with Gasteiger partial charge in [-0.25, -0.2) is 0 Å². The molecule has 0 aromatic carbocycles. The summed E-state index contributed by atoms with van der Waals surface area (Å²) in [7, 11) is 0. The molecule has 8 nitrogen and oxygen atoms in total. The van der Waals surface area contributed by atoms with Crippen molar-refractivity contribution in [2.45, 2.75) is 66.2 Å². The van der Waals surface area contributed by atoms with Gasteiger partial charge in [0.1, 0.15) is 0 Å². The van der Waals surface area contributed by atoms with Crippen LogP contribution in [0.3, 0.4) is 0 Å². The first-order valence-electron chi connectivity index (χ1n) is 9.51. The highest BCUT2D eigenvalue weighted by atomic mass is 16.2. The van der Waals surface area contributed by atoms with Gasteiger partial charge in [-0.2, -0.15) is 0 Å². The lowest BCUT2D eigenvalue weighted by Crippen LogP contribution is -2.42. The molecule has 0 aliphatic heterocycles. The molecule has 0 heterocycles. The lowest BCUT2D eigenvalue weighted by molar-refractivity contribution is -0.127. The van der Waals surface area contributed by atoms with E-state index in [1.54, 1.807) is 0 Å². The summed E-state index contributed by atoms with van der Waals surface area (Å²) in [6.07, 6.45) is 5.28. The second-order valence-electron chi connectivity index (χ2n) is 9.15. The zero-order valence-corrected chi connectivity index (χ0v) is 17.0. The Kier molecular flexibility index (Phi) is 6.64. The Morgan fingerprint density at radius 2 is 1.11 bits per heavy atom. The average Bonchev–Trinajstić information content (AvgIpc) is 2.52. The number of hydrogen-bond donors (Lipinski definition) is 4. The Morgan fingerprint density at radius 3 is 1.43 bits per heavy atom. The van der Waals surface area contributed by atoms with Crippen molar-refractivity contribution in [2.75, 3.05) is 0 Å². The monoisotopic (exact) mass is 390 g/mol. The summed E-state index contributed by atoms with van der Waals surface area (Å²) in [5.41, 5.74) is 11.6. The van der Waals surface area contributed by atoms with Crippen molar-refractivity contribution >= 4 is 23.4 Å². The first-order valence-corrected chi connectivity index (χ1v) is 9.51. The number of amides is 2. The Hall–Kier alpha value is -2.64. The molecule has 0 bridgehead atoms. The van der Waals surface area contributed by atoms with Crippen LogP contribution in [0.2, 0.25) is 0 Å². The molecule has 28 heavy (non-hydrogen) atoms. The number of rotatable bonds is 7. The molecule has 0 spiro atoms. The first-order chi connectivity index (χ1) is 12.9. The van der Waals surface area contributed by atoms with Gasteiger partial charge in [0.2, 0.25) is 11.8 Å². The second-order valence-corrected chi connectivity index (χ2v) is 9.15. The maximum absolute atomic E-state index is 11.9. The van der Waals surface area contributed by atoms with Crippen LogP contribution in [-0.4, -0.2) is 23.4 Å². The maximum Gasteiger partial charge on any atom is 0.238 e. The van der Waals surface area contributed by atoms with E-state index < -0.39 is 0 Å². The van der Waals surface area contributed by atoms with Crippen molar-refractivity contribution in [2.24, 2.45) is 10.8 Å². The van der Waals surface area contributed by atoms with Gasteiger partial charge >= 0.3 is 0 Å². The van der Waals surface area contributed by atoms with E-state index in [1.807, 2.05) is 27.7 Å². The molecule has 0 atom stereocenters. The molecule has 0 radical (unpaired) electrons. The number of ketones is 2. The van der Waals surface area contributed by atoms with Gasteiger partial charge < -0.3 is 10.9 Å². The summed E-state index contributed by atoms with van der Waals surface area (Å²) in [6.45, 7) is 7.98. The SMILES string of the molecule is CC1(C)CC(=O)C=C(NNC(=O)CCC(=O)NNC2=CC(=O)CC(C)(C)C2)C1. The molecule has 0 saturated carbocycles. The van der Waals surface area contributed by atoms with Crippen LogP contribution in [0.4, 0.5) is 0 Å². The highest BCUT2D eigenvalue weighted by Crippen LogP contribution is 2.33. The van der Waals surface area contributed by atoms with Crippen molar-refractivity contribution in [1.82, 2.24) is 21.7 Å². The Morgan fingerprint density at radius 1 is 0.750 bits per heavy atom. The number of carbonyl (C=O) groups excluding carboxylic acids is 4. The number of allylic oxidation sites excluding steroid dienone is 4. The van der Waals surface area contributed by atoms with Crippen molar-refractivity contribution in [3.8, 4) is 0 Å². The van der Waals surface area contributed by atoms with E-state index >= 15 is 0 Å². The van der Waals surface area contributed by atoms with E-state index in [2.05, 4.69) is 21.7 Å². The van der Waals surface area contributed by atoms with E-state index in [1.165, 1.54) is 12.2 Å². The molecule has 0 aromatic heterocycles. The van der Waals surface area contributed by atoms with Crippen molar-refractivity contribution in [1.29, 1.82) is 0 Å². The predicted molar refractivity (Wildman–Crippen MR) is 104 cm³/mol. The van der Waals surface area contributed by atoms with Gasteiger partial charge in [-0.1, -0.05) is 27.7 Å². The minimum Gasteiger partial charge on any atom is -0.303 e. The molecule has 8 heteroatoms. The van der Waals surface area contributed by atoms with Gasteiger partial charge in [-0.3, -0.25) is 30.0 Å². The first kappa shape index (κ1) is 21.7. The fourth-order valence-electron chi connectivity index (χ4n) is 3.50. The largest absolute Gasteiger partial charge is 0.303 e. The third-order valence-corrected chi connectivity index (χ3v) is 4.62. The van der Waals surface area contributed by atoms with Crippen molar-refractivity contribution in [3.63, 3.8) is 0 Å². The molecule has 0 fully saturated rings. The van der Waals surface area contributed by atoms with E-state index in [9.17, 15) is 19.2 Å². The Balaban J connectivity index is 1.69. The van der Waals surface area contributed by atoms with Gasteiger partial charge in [0, 0.05) is 49.2 Å². The van der Waals surface area contributed by atoms with Crippen molar-refractivity contribution < 1.29 is 19.2 Å². The van der Waals surface area contributed by atoms with E-state index in [-0.39, 0.29) is 47.1 Å². The molecule has 2 rings (SSSR count). The lowest BCUT2D eigenvalue weighted by atomic mass is 9.79. The molecule has 2 amide bonds. The third-order valence-electron chi connectivity index (χ3n) is 4.62. The van der Waals surface area contributed by atoms with Crippen LogP contribution in [0.15, 0.2) is 23.5 Å². The topological polar surface area (TPSA) is 116 Å². The summed E-state index contributed by atoms with van der Waals surface area (Å²) < 4.78 is 0. The lowest BCUT2D eigenvalue weighted by Gasteiger charge is -2.29. The molecular formula is C20H30N4O4. The number of nitrogens with one attached hydrogen (secondary N) is 4. The fraction of sp³-hybridized carbons (Fsp3) is 0.600. The van der Waals surface area contributed by atoms with E-state index in [0.717, 1.165) is 0 Å². The number of hydrazine groups is 2. The van der Waals surface area contributed by atoms with Gasteiger partial charge in [-0.15, -0.1) is 0 Å². The van der Waals surface area contributed by atoms with Gasteiger partial charge in [-0.05, 0) is 23.7 Å². The third kappa shape index (κ3) is 7.17. The van der Waals surface area contributed by atoms with Crippen LogP contribution < -0.4 is 21.7 Å². The van der Waals surface area contributed by atoms with Crippen molar-refractivity contribution in [3.05, 3.63) is 23.5 Å². The summed E-state index contributed by atoms with van der Waals surface area (Å²) >= 11 is 0. The van der Waals surface area contributed by atoms with Gasteiger partial charge in [0.15, 0.2) is 11.6 Å². The number of hydrogen-bond acceptors (Lipinski definition) is 6. The van der Waals surface area contributed by atoms with E-state index in [0.29, 0.717) is 37.1 Å². The predicted octanol–water partition coefficient (Wildman–Crippen LogP) is 1.55. The summed E-state index contributed by atoms with van der Waals surface area (Å²) in [6, 6.07) is 0. The van der Waals surface area contributed by atoms with Crippen LogP contribution in [0, 0.1) is 10.8 Å². The highest BCUT2D eigenvalue weighted by molar-refractivity contribution is 5.92. The fourth-order valence-corrected chi connectivity index (χ4v) is 3.50. The van der Waals surface area contributed by atoms with Gasteiger partial charge in [0.05, 0.1) is 0 Å². The quantitative estimate of drug-likeness (QED) is 0.490. The normalized spacial score (nSPS) is 20.6. The minimum atomic E-state index is -0.347. The van der Waals surface area contributed by atoms with E-state index in [4.69, 9.17) is 0 Å². The summed E-state index contributed by atoms with van der Waals surface area (Å²) in [5.74, 6) is -0.644. The smallest absolute Gasteiger partial charge is 0.238 e. The Bertz CT molecular complexity index is 672. The second kappa shape index (κ2) is 8.58. The average molecular weight is 390 g/mol. The standard InChI is InChI=1S/C20H30N4O4/c1-19(2)9-13(7-15(25)11-19)21-23-17(27)5-6-18(28)24-22-14-8-16(26)12-20(3,4)10-14/h7-8,21-22H,5-6,9-12H2,1-4H3,(H,23,27)(H,24,28). The molecule has 2 aliphatic carbocycles. The number of carbonyl (C=O) groups is 4. The van der Waals surface area contributed by atoms with Crippen LogP contribution >= 0.6 is 0 Å². The van der Waals surface area contributed by atoms with Crippen LogP contribution in [0.25, 0.3) is 0 Å². The molecule has 0 saturated heterocycles. The zero-order chi connectivity index (χ0) is 20.9. The molecule has 4 N–H and O–H groups in total. The highest BCUT2D eigenvalue weighted by Gasteiger charge is 2.28. The maximum atomic E-state index is 11.9. The zero-order valence-electron chi connectivity index (χ0n) is 17.0. The minimum absolute atomic E-state index is 0.00535. The van der Waals surface area contributed by atoms with Crippen LogP contribution in [-0.2, 0) is 19.2 Å². The van der Waals surface area contributed by atoms with Crippen LogP contribution in [0.5, 0.6) is 0 Å². The molecule has 2 aliphatic rings. The summed E-state index contributed by atoms with van der Waals surface area (Å²) in [5, 5.41) is 0. The molecule has 154 valence electrons. The molecule has 0 unspecified atom stereocenters. The molecule has 0 aromatic rings.